The van der Waals surface area contributed by atoms with Crippen molar-refractivity contribution in [1.29, 1.82) is 0 Å². The molecule has 0 atom stereocenters. The number of hydrogen-bond acceptors (Lipinski definition) is 6. The Morgan fingerprint density at radius 2 is 2.06 bits per heavy atom. The van der Waals surface area contributed by atoms with E-state index in [0.717, 1.165) is 30.4 Å². The minimum Gasteiger partial charge on any atom is -0.369 e. The molecule has 6 heteroatoms. The highest BCUT2D eigenvalue weighted by molar-refractivity contribution is 5.57. The van der Waals surface area contributed by atoms with Crippen LogP contribution in [0.15, 0.2) is 36.9 Å². The number of nitrogens with zero attached hydrogens (tertiary/aromatic N) is 3. The van der Waals surface area contributed by atoms with Crippen LogP contribution in [0, 0.1) is 0 Å². The molecule has 2 heterocycles. The van der Waals surface area contributed by atoms with Crippen LogP contribution in [0.2, 0.25) is 0 Å². The minimum atomic E-state index is 0.741. The summed E-state index contributed by atoms with van der Waals surface area (Å²) in [5.41, 5.74) is 0.900. The Labute approximate surface area is 106 Å². The van der Waals surface area contributed by atoms with E-state index in [1.807, 2.05) is 25.2 Å². The molecule has 0 aliphatic carbocycles. The van der Waals surface area contributed by atoms with Crippen LogP contribution in [-0.4, -0.2) is 35.1 Å². The highest BCUT2D eigenvalue weighted by Gasteiger charge is 1.98. The molecular formula is C12H16N6. The van der Waals surface area contributed by atoms with Crippen molar-refractivity contribution in [2.24, 2.45) is 0 Å². The summed E-state index contributed by atoms with van der Waals surface area (Å²) in [6.07, 6.45) is 5.01. The van der Waals surface area contributed by atoms with E-state index < -0.39 is 0 Å². The molecule has 2 aromatic heterocycles. The van der Waals surface area contributed by atoms with Gasteiger partial charge in [0.1, 0.15) is 18.0 Å². The molecule has 3 N–H and O–H groups in total. The van der Waals surface area contributed by atoms with E-state index in [9.17, 15) is 0 Å². The lowest BCUT2D eigenvalue weighted by Gasteiger charge is -2.08. The minimum absolute atomic E-state index is 0.741. The standard InChI is InChI=1S/C12H16N6/c1-13-5-6-15-11-7-12(17-9-16-11)18-10-3-2-4-14-8-10/h2-4,7-9,13H,5-6H2,1H3,(H2,15,16,17,18). The molecule has 0 saturated heterocycles. The van der Waals surface area contributed by atoms with Crippen molar-refractivity contribution in [1.82, 2.24) is 20.3 Å². The third-order valence-corrected chi connectivity index (χ3v) is 2.28. The van der Waals surface area contributed by atoms with Crippen molar-refractivity contribution in [3.63, 3.8) is 0 Å². The van der Waals surface area contributed by atoms with Crippen molar-refractivity contribution in [2.75, 3.05) is 30.8 Å². The first-order chi connectivity index (χ1) is 8.88. The zero-order chi connectivity index (χ0) is 12.6. The molecule has 0 saturated carbocycles. The fourth-order valence-electron chi connectivity index (χ4n) is 1.42. The van der Waals surface area contributed by atoms with E-state index in [0.29, 0.717) is 0 Å². The van der Waals surface area contributed by atoms with Crippen LogP contribution in [0.25, 0.3) is 0 Å². The van der Waals surface area contributed by atoms with Crippen LogP contribution < -0.4 is 16.0 Å². The van der Waals surface area contributed by atoms with Gasteiger partial charge in [0, 0.05) is 25.4 Å². The lowest BCUT2D eigenvalue weighted by Crippen LogP contribution is -2.18. The molecule has 6 nitrogen and oxygen atoms in total. The van der Waals surface area contributed by atoms with Crippen molar-refractivity contribution >= 4 is 17.3 Å². The molecule has 0 spiro atoms. The van der Waals surface area contributed by atoms with Gasteiger partial charge in [-0.25, -0.2) is 9.97 Å². The predicted octanol–water partition coefficient (Wildman–Crippen LogP) is 1.25. The molecule has 2 aromatic rings. The van der Waals surface area contributed by atoms with E-state index in [4.69, 9.17) is 0 Å². The average molecular weight is 244 g/mol. The Kier molecular flexibility index (Phi) is 4.43. The number of likely N-dealkylation sites (N-methyl/N-ethyl adjacent to an activating group) is 1. The second-order valence-electron chi connectivity index (χ2n) is 3.69. The first kappa shape index (κ1) is 12.3. The SMILES string of the molecule is CNCCNc1cc(Nc2cccnc2)ncn1. The summed E-state index contributed by atoms with van der Waals surface area (Å²) < 4.78 is 0. The van der Waals surface area contributed by atoms with Crippen LogP contribution in [0.5, 0.6) is 0 Å². The fourth-order valence-corrected chi connectivity index (χ4v) is 1.42. The van der Waals surface area contributed by atoms with E-state index in [1.165, 1.54) is 6.33 Å². The van der Waals surface area contributed by atoms with Gasteiger partial charge in [0.25, 0.3) is 0 Å². The number of hydrogen-bond donors (Lipinski definition) is 3. The van der Waals surface area contributed by atoms with E-state index in [1.54, 1.807) is 12.4 Å². The van der Waals surface area contributed by atoms with Gasteiger partial charge in [0.15, 0.2) is 0 Å². The maximum atomic E-state index is 4.16. The molecule has 0 fully saturated rings. The Bertz CT molecular complexity index is 473. The summed E-state index contributed by atoms with van der Waals surface area (Å²) in [5, 5.41) is 9.43. The largest absolute Gasteiger partial charge is 0.369 e. The first-order valence-corrected chi connectivity index (χ1v) is 5.76. The first-order valence-electron chi connectivity index (χ1n) is 5.76. The summed E-state index contributed by atoms with van der Waals surface area (Å²) in [6, 6.07) is 5.67. The zero-order valence-corrected chi connectivity index (χ0v) is 10.2. The van der Waals surface area contributed by atoms with Crippen molar-refractivity contribution in [3.05, 3.63) is 36.9 Å². The van der Waals surface area contributed by atoms with E-state index >= 15 is 0 Å². The van der Waals surface area contributed by atoms with Crippen molar-refractivity contribution < 1.29 is 0 Å². The van der Waals surface area contributed by atoms with Gasteiger partial charge in [0.2, 0.25) is 0 Å². The molecule has 0 aliphatic heterocycles. The second-order valence-corrected chi connectivity index (χ2v) is 3.69. The number of anilines is 3. The lowest BCUT2D eigenvalue weighted by atomic mass is 10.4. The second kappa shape index (κ2) is 6.51. The van der Waals surface area contributed by atoms with Gasteiger partial charge >= 0.3 is 0 Å². The van der Waals surface area contributed by atoms with Gasteiger partial charge in [-0.1, -0.05) is 0 Å². The molecule has 0 radical (unpaired) electrons. The fraction of sp³-hybridized carbons (Fsp3) is 0.250. The molecule has 0 aromatic carbocycles. The van der Waals surface area contributed by atoms with Crippen LogP contribution in [0.4, 0.5) is 17.3 Å². The summed E-state index contributed by atoms with van der Waals surface area (Å²) in [6.45, 7) is 1.70. The lowest BCUT2D eigenvalue weighted by molar-refractivity contribution is 0.821. The summed E-state index contributed by atoms with van der Waals surface area (Å²) in [7, 11) is 1.91. The van der Waals surface area contributed by atoms with E-state index in [-0.39, 0.29) is 0 Å². The normalized spacial score (nSPS) is 10.1. The Morgan fingerprint density at radius 1 is 1.17 bits per heavy atom. The third-order valence-electron chi connectivity index (χ3n) is 2.28. The third kappa shape index (κ3) is 3.67. The maximum Gasteiger partial charge on any atom is 0.135 e. The van der Waals surface area contributed by atoms with Gasteiger partial charge in [-0.05, 0) is 19.2 Å². The number of rotatable bonds is 6. The van der Waals surface area contributed by atoms with Gasteiger partial charge in [-0.2, -0.15) is 0 Å². The quantitative estimate of drug-likeness (QED) is 0.664. The average Bonchev–Trinajstić information content (AvgIpc) is 2.41. The number of aromatic nitrogens is 3. The van der Waals surface area contributed by atoms with Crippen LogP contribution in [-0.2, 0) is 0 Å². The van der Waals surface area contributed by atoms with Crippen molar-refractivity contribution in [3.8, 4) is 0 Å². The number of nitrogens with one attached hydrogen (secondary N) is 3. The molecule has 0 unspecified atom stereocenters. The molecule has 18 heavy (non-hydrogen) atoms. The maximum absolute atomic E-state index is 4.16. The molecule has 94 valence electrons. The van der Waals surface area contributed by atoms with Crippen LogP contribution in [0.3, 0.4) is 0 Å². The molecule has 2 rings (SSSR count). The molecule has 0 aliphatic rings. The number of pyridine rings is 1. The molecule has 0 amide bonds. The van der Waals surface area contributed by atoms with Gasteiger partial charge < -0.3 is 16.0 Å². The Morgan fingerprint density at radius 3 is 2.83 bits per heavy atom. The highest BCUT2D eigenvalue weighted by Crippen LogP contribution is 2.14. The highest BCUT2D eigenvalue weighted by atomic mass is 15.1. The molecule has 0 bridgehead atoms. The monoisotopic (exact) mass is 244 g/mol. The smallest absolute Gasteiger partial charge is 0.135 e. The summed E-state index contributed by atoms with van der Waals surface area (Å²) >= 11 is 0. The Hall–Kier alpha value is -2.21. The van der Waals surface area contributed by atoms with Crippen molar-refractivity contribution in [2.45, 2.75) is 0 Å². The van der Waals surface area contributed by atoms with Gasteiger partial charge in [-0.15, -0.1) is 0 Å². The van der Waals surface area contributed by atoms with Gasteiger partial charge in [0.05, 0.1) is 11.9 Å². The van der Waals surface area contributed by atoms with E-state index in [2.05, 4.69) is 30.9 Å². The van der Waals surface area contributed by atoms with Gasteiger partial charge in [-0.3, -0.25) is 4.98 Å². The zero-order valence-electron chi connectivity index (χ0n) is 10.2. The Balaban J connectivity index is 1.99. The molecular weight excluding hydrogens is 228 g/mol. The summed E-state index contributed by atoms with van der Waals surface area (Å²) in [5.74, 6) is 1.54. The predicted molar refractivity (Wildman–Crippen MR) is 72.0 cm³/mol. The van der Waals surface area contributed by atoms with Crippen LogP contribution in [0.1, 0.15) is 0 Å². The summed E-state index contributed by atoms with van der Waals surface area (Å²) in [4.78, 5) is 12.3. The van der Waals surface area contributed by atoms with Crippen LogP contribution >= 0.6 is 0 Å². The topological polar surface area (TPSA) is 74.8 Å².